The van der Waals surface area contributed by atoms with Crippen molar-refractivity contribution in [3.05, 3.63) is 46.8 Å². The Bertz CT molecular complexity index is 2070. The van der Waals surface area contributed by atoms with Crippen molar-refractivity contribution in [3.8, 4) is 5.88 Å². The number of amides is 4. The summed E-state index contributed by atoms with van der Waals surface area (Å²) in [6, 6.07) is 4.64. The molecule has 6 rings (SSSR count). The topological polar surface area (TPSA) is 195 Å². The first-order valence-electron chi connectivity index (χ1n) is 19.3. The molecular formula is C39H60N6O9S. The van der Waals surface area contributed by atoms with E-state index >= 15 is 0 Å². The summed E-state index contributed by atoms with van der Waals surface area (Å²) in [5.74, 6) is -2.56. The molecule has 3 N–H and O–H groups in total. The van der Waals surface area contributed by atoms with Crippen LogP contribution in [0.3, 0.4) is 0 Å². The minimum Gasteiger partial charge on any atom is -0.471 e. The molecule has 1 saturated heterocycles. The van der Waals surface area contributed by atoms with Gasteiger partial charge in [-0.15, -0.1) is 5.10 Å². The van der Waals surface area contributed by atoms with Gasteiger partial charge in [-0.2, -0.15) is 0 Å². The molecule has 2 aromatic rings. The van der Waals surface area contributed by atoms with Crippen LogP contribution in [-0.2, 0) is 35.7 Å². The molecule has 1 aromatic heterocycles. The number of hydrogen-bond donors (Lipinski definition) is 3. The molecule has 16 heteroatoms. The fraction of sp³-hybridized carbons (Fsp3) is 0.641. The molecule has 1 aromatic carbocycles. The Kier molecular flexibility index (Phi) is 10.9. The van der Waals surface area contributed by atoms with E-state index < -0.39 is 73.8 Å². The van der Waals surface area contributed by atoms with Gasteiger partial charge in [0, 0.05) is 23.2 Å². The van der Waals surface area contributed by atoms with E-state index in [1.807, 2.05) is 19.1 Å². The SMILES string of the molecule is CCn1nc(O[C@@H]2C[C@H]3C(=O)N[C@]4(C(=O)NS(=O)(=O)C5(C)CC5)C[C@H]4/C=C\CC[C@@H](C)C[C@@H](C)[C@H](NC(=O)OC(C)(C)C)C(=O)N3C2)c2ccccc2c1=O.[HH].[HH].[HH]. The van der Waals surface area contributed by atoms with Crippen molar-refractivity contribution in [2.24, 2.45) is 17.8 Å². The van der Waals surface area contributed by atoms with Crippen LogP contribution in [0.15, 0.2) is 41.2 Å². The number of alkyl carbamates (subject to hydrolysis) is 1. The van der Waals surface area contributed by atoms with Crippen molar-refractivity contribution < 1.29 is 41.3 Å². The van der Waals surface area contributed by atoms with Gasteiger partial charge < -0.3 is 25.0 Å². The summed E-state index contributed by atoms with van der Waals surface area (Å²) in [5.41, 5.74) is -2.68. The first-order chi connectivity index (χ1) is 25.8. The highest BCUT2D eigenvalue weighted by molar-refractivity contribution is 7.91. The Hall–Kier alpha value is -4.47. The summed E-state index contributed by atoms with van der Waals surface area (Å²) in [7, 11) is -4.01. The van der Waals surface area contributed by atoms with E-state index in [1.54, 1.807) is 58.9 Å². The van der Waals surface area contributed by atoms with Crippen molar-refractivity contribution in [2.75, 3.05) is 6.54 Å². The second-order valence-electron chi connectivity index (χ2n) is 17.1. The fourth-order valence-electron chi connectivity index (χ4n) is 7.69. The molecule has 0 spiro atoms. The molecule has 4 amide bonds. The van der Waals surface area contributed by atoms with Gasteiger partial charge in [0.1, 0.15) is 29.3 Å². The maximum atomic E-state index is 14.8. The van der Waals surface area contributed by atoms with Crippen molar-refractivity contribution in [3.63, 3.8) is 0 Å². The third kappa shape index (κ3) is 8.38. The zero-order valence-electron chi connectivity index (χ0n) is 32.7. The van der Waals surface area contributed by atoms with Crippen molar-refractivity contribution in [1.29, 1.82) is 0 Å². The average Bonchev–Trinajstić information content (AvgIpc) is 3.99. The second-order valence-corrected chi connectivity index (χ2v) is 19.3. The number of ether oxygens (including phenoxy) is 2. The van der Waals surface area contributed by atoms with Gasteiger partial charge >= 0.3 is 6.09 Å². The minimum absolute atomic E-state index is 0. The Morgan fingerprint density at radius 2 is 1.78 bits per heavy atom. The summed E-state index contributed by atoms with van der Waals surface area (Å²) in [5, 5.41) is 11.0. The number of aryl methyl sites for hydroxylation is 1. The molecule has 7 atom stereocenters. The highest BCUT2D eigenvalue weighted by atomic mass is 32.2. The summed E-state index contributed by atoms with van der Waals surface area (Å²) in [4.78, 5) is 70.8. The second kappa shape index (κ2) is 14.9. The van der Waals surface area contributed by atoms with Gasteiger partial charge in [-0.3, -0.25) is 23.9 Å². The van der Waals surface area contributed by atoms with Gasteiger partial charge in [-0.05, 0) is 97.1 Å². The minimum atomic E-state index is -4.01. The molecule has 55 heavy (non-hydrogen) atoms. The third-order valence-corrected chi connectivity index (χ3v) is 13.5. The van der Waals surface area contributed by atoms with Crippen LogP contribution in [0.4, 0.5) is 4.79 Å². The van der Waals surface area contributed by atoms with E-state index in [1.165, 1.54) is 9.58 Å². The van der Waals surface area contributed by atoms with Gasteiger partial charge in [0.15, 0.2) is 0 Å². The van der Waals surface area contributed by atoms with Gasteiger partial charge in [0.05, 0.1) is 22.1 Å². The Morgan fingerprint density at radius 3 is 2.44 bits per heavy atom. The standard InChI is InChI=1S/C39H54N6O9S.3H2/c1-8-45-33(47)28-16-12-11-15-27(28)32(42-45)53-26-20-29-31(46)41-39(35(49)43-55(51,52)38(7)17-18-38)21-25(39)14-10-9-13-23(2)19-24(3)30(34(48)44(29)22-26)40-36(50)54-37(4,5)6;;;/h10-12,14-16,23-26,29-30H,8-9,13,17-22H2,1-7H3,(H,40,50)(H,41,46)(H,43,49);3*1H/b14-10-;;;/t23-,24-,25-,26-,29+,30+,39-;;;/m1.../s1. The Balaban J connectivity index is 0.00000300. The number of carbonyl (C=O) groups is 4. The molecule has 2 saturated carbocycles. The predicted octanol–water partition coefficient (Wildman–Crippen LogP) is 4.28. The maximum Gasteiger partial charge on any atom is 0.408 e. The van der Waals surface area contributed by atoms with E-state index in [9.17, 15) is 32.4 Å². The molecule has 15 nitrogen and oxygen atoms in total. The number of allylic oxidation sites excluding steroid dienone is 1. The molecule has 4 aliphatic rings. The molecular weight excluding hydrogens is 729 g/mol. The smallest absolute Gasteiger partial charge is 0.408 e. The van der Waals surface area contributed by atoms with E-state index in [4.69, 9.17) is 9.47 Å². The largest absolute Gasteiger partial charge is 0.471 e. The van der Waals surface area contributed by atoms with Crippen LogP contribution in [0.25, 0.3) is 10.8 Å². The number of carbonyl (C=O) groups excluding carboxylic acids is 4. The molecule has 0 bridgehead atoms. The fourth-order valence-corrected chi connectivity index (χ4v) is 9.01. The van der Waals surface area contributed by atoms with Crippen LogP contribution < -0.4 is 25.7 Å². The predicted molar refractivity (Wildman–Crippen MR) is 211 cm³/mol. The highest BCUT2D eigenvalue weighted by Crippen LogP contribution is 2.47. The third-order valence-electron chi connectivity index (χ3n) is 11.3. The summed E-state index contributed by atoms with van der Waals surface area (Å²) < 4.78 is 40.9. The van der Waals surface area contributed by atoms with E-state index in [0.717, 1.165) is 6.42 Å². The summed E-state index contributed by atoms with van der Waals surface area (Å²) in [6.07, 6.45) is 5.24. The van der Waals surface area contributed by atoms with E-state index in [2.05, 4.69) is 27.4 Å². The van der Waals surface area contributed by atoms with Gasteiger partial charge in [-0.1, -0.05) is 38.1 Å². The summed E-state index contributed by atoms with van der Waals surface area (Å²) >= 11 is 0. The zero-order chi connectivity index (χ0) is 40.1. The Labute approximate surface area is 326 Å². The highest BCUT2D eigenvalue weighted by Gasteiger charge is 2.63. The van der Waals surface area contributed by atoms with Gasteiger partial charge in [-0.25, -0.2) is 17.9 Å². The first kappa shape index (κ1) is 40.2. The van der Waals surface area contributed by atoms with E-state index in [-0.39, 0.29) is 53.5 Å². The lowest BCUT2D eigenvalue weighted by atomic mass is 9.88. The number of rotatable bonds is 7. The monoisotopic (exact) mass is 788 g/mol. The summed E-state index contributed by atoms with van der Waals surface area (Å²) in [6.45, 7) is 12.7. The quantitative estimate of drug-likeness (QED) is 0.341. The van der Waals surface area contributed by atoms with Crippen LogP contribution in [-0.4, -0.2) is 87.5 Å². The molecule has 3 heterocycles. The van der Waals surface area contributed by atoms with Gasteiger partial charge in [0.25, 0.3) is 11.5 Å². The lowest BCUT2D eigenvalue weighted by Gasteiger charge is -2.33. The van der Waals surface area contributed by atoms with Crippen LogP contribution in [0, 0.1) is 17.8 Å². The number of aromatic nitrogens is 2. The number of nitrogens with zero attached hydrogens (tertiary/aromatic N) is 3. The average molecular weight is 789 g/mol. The molecule has 2 aliphatic carbocycles. The number of hydrogen-bond acceptors (Lipinski definition) is 10. The molecule has 3 fully saturated rings. The van der Waals surface area contributed by atoms with Crippen molar-refractivity contribution in [1.82, 2.24) is 30.0 Å². The normalized spacial score (nSPS) is 30.1. The lowest BCUT2D eigenvalue weighted by Crippen LogP contribution is -2.59. The molecule has 0 unspecified atom stereocenters. The van der Waals surface area contributed by atoms with E-state index in [0.29, 0.717) is 36.5 Å². The van der Waals surface area contributed by atoms with Crippen LogP contribution in [0.2, 0.25) is 0 Å². The van der Waals surface area contributed by atoms with Gasteiger partial charge in [0.2, 0.25) is 27.7 Å². The number of nitrogens with one attached hydrogen (secondary N) is 3. The van der Waals surface area contributed by atoms with Crippen molar-refractivity contribution >= 4 is 44.6 Å². The molecule has 306 valence electrons. The maximum absolute atomic E-state index is 14.8. The number of sulfonamides is 1. The molecule has 0 radical (unpaired) electrons. The Morgan fingerprint density at radius 1 is 1.09 bits per heavy atom. The number of fused-ring (bicyclic) bond motifs is 3. The zero-order valence-corrected chi connectivity index (χ0v) is 33.5. The molecule has 2 aliphatic heterocycles. The van der Waals surface area contributed by atoms with Crippen LogP contribution in [0.1, 0.15) is 97.7 Å². The number of benzene rings is 1. The van der Waals surface area contributed by atoms with Crippen LogP contribution in [0.5, 0.6) is 5.88 Å². The lowest BCUT2D eigenvalue weighted by molar-refractivity contribution is -0.142. The van der Waals surface area contributed by atoms with Crippen LogP contribution >= 0.6 is 0 Å². The first-order valence-corrected chi connectivity index (χ1v) is 20.8. The van der Waals surface area contributed by atoms with Crippen molar-refractivity contribution in [2.45, 2.75) is 134 Å².